The molecule has 14 heavy (non-hydrogen) atoms. The van der Waals surface area contributed by atoms with Crippen molar-refractivity contribution in [2.45, 2.75) is 25.8 Å². The molecule has 0 radical (unpaired) electrons. The maximum absolute atomic E-state index is 9.34. The van der Waals surface area contributed by atoms with Crippen LogP contribution in [0.5, 0.6) is 11.5 Å². The minimum absolute atomic E-state index is 0.0675. The number of benzene rings is 1. The number of rotatable bonds is 4. The third-order valence-corrected chi connectivity index (χ3v) is 2.21. The van der Waals surface area contributed by atoms with E-state index in [2.05, 4.69) is 6.92 Å². The Balaban J connectivity index is 2.97. The highest BCUT2D eigenvalue weighted by atomic mass is 16.5. The molecule has 1 rings (SSSR count). The Hall–Kier alpha value is -1.22. The van der Waals surface area contributed by atoms with E-state index in [1.807, 2.05) is 0 Å². The molecule has 0 bridgehead atoms. The van der Waals surface area contributed by atoms with Crippen LogP contribution in [0.2, 0.25) is 0 Å². The Morgan fingerprint density at radius 3 is 2.79 bits per heavy atom. The molecule has 0 spiro atoms. The molecule has 78 valence electrons. The molecule has 0 aliphatic heterocycles. The molecular weight excluding hydrogens is 178 g/mol. The van der Waals surface area contributed by atoms with Crippen molar-refractivity contribution >= 4 is 0 Å². The Morgan fingerprint density at radius 2 is 2.21 bits per heavy atom. The fraction of sp³-hybridized carbons (Fsp3) is 0.455. The minimum Gasteiger partial charge on any atom is -0.508 e. The number of methoxy groups -OCH3 is 1. The molecule has 0 saturated carbocycles. The van der Waals surface area contributed by atoms with Gasteiger partial charge in [0.05, 0.1) is 7.11 Å². The van der Waals surface area contributed by atoms with Crippen LogP contribution in [0, 0.1) is 0 Å². The van der Waals surface area contributed by atoms with E-state index in [9.17, 15) is 5.11 Å². The van der Waals surface area contributed by atoms with Gasteiger partial charge in [-0.3, -0.25) is 0 Å². The monoisotopic (exact) mass is 195 g/mol. The maximum Gasteiger partial charge on any atom is 0.123 e. The van der Waals surface area contributed by atoms with Gasteiger partial charge in [0.15, 0.2) is 0 Å². The zero-order chi connectivity index (χ0) is 10.6. The predicted molar refractivity (Wildman–Crippen MR) is 56.5 cm³/mol. The van der Waals surface area contributed by atoms with E-state index in [1.54, 1.807) is 25.3 Å². The standard InChI is InChI=1S/C11H17NO2/c1-3-4-10(12)9-7-8(13)5-6-11(9)14-2/h5-7,10,13H,3-4,12H2,1-2H3/t10-/m1/s1. The summed E-state index contributed by atoms with van der Waals surface area (Å²) in [5, 5.41) is 9.34. The quantitative estimate of drug-likeness (QED) is 0.774. The molecular formula is C11H17NO2. The van der Waals surface area contributed by atoms with Crippen molar-refractivity contribution < 1.29 is 9.84 Å². The molecule has 1 aromatic carbocycles. The highest BCUT2D eigenvalue weighted by molar-refractivity contribution is 5.41. The van der Waals surface area contributed by atoms with Gasteiger partial charge in [0, 0.05) is 11.6 Å². The summed E-state index contributed by atoms with van der Waals surface area (Å²) >= 11 is 0. The van der Waals surface area contributed by atoms with Gasteiger partial charge in [-0.1, -0.05) is 13.3 Å². The van der Waals surface area contributed by atoms with E-state index in [1.165, 1.54) is 0 Å². The summed E-state index contributed by atoms with van der Waals surface area (Å²) in [7, 11) is 1.61. The third-order valence-electron chi connectivity index (χ3n) is 2.21. The van der Waals surface area contributed by atoms with Crippen molar-refractivity contribution in [1.29, 1.82) is 0 Å². The number of hydrogen-bond acceptors (Lipinski definition) is 3. The van der Waals surface area contributed by atoms with E-state index >= 15 is 0 Å². The zero-order valence-electron chi connectivity index (χ0n) is 8.66. The van der Waals surface area contributed by atoms with E-state index in [-0.39, 0.29) is 11.8 Å². The third kappa shape index (κ3) is 2.39. The molecule has 0 aliphatic carbocycles. The Morgan fingerprint density at radius 1 is 1.50 bits per heavy atom. The van der Waals surface area contributed by atoms with Crippen LogP contribution in [-0.2, 0) is 0 Å². The molecule has 1 aromatic rings. The van der Waals surface area contributed by atoms with Crippen LogP contribution >= 0.6 is 0 Å². The van der Waals surface area contributed by atoms with Crippen LogP contribution < -0.4 is 10.5 Å². The largest absolute Gasteiger partial charge is 0.508 e. The van der Waals surface area contributed by atoms with Crippen molar-refractivity contribution in [3.8, 4) is 11.5 Å². The van der Waals surface area contributed by atoms with Crippen LogP contribution in [0.25, 0.3) is 0 Å². The van der Waals surface area contributed by atoms with Gasteiger partial charge in [-0.15, -0.1) is 0 Å². The molecule has 1 atom stereocenters. The summed E-state index contributed by atoms with van der Waals surface area (Å²) in [6.45, 7) is 2.08. The lowest BCUT2D eigenvalue weighted by atomic mass is 10.0. The maximum atomic E-state index is 9.34. The number of ether oxygens (including phenoxy) is 1. The second-order valence-corrected chi connectivity index (χ2v) is 3.32. The van der Waals surface area contributed by atoms with E-state index in [0.717, 1.165) is 24.2 Å². The number of phenols is 1. The summed E-state index contributed by atoms with van der Waals surface area (Å²) in [6, 6.07) is 4.93. The van der Waals surface area contributed by atoms with Crippen molar-refractivity contribution in [2.75, 3.05) is 7.11 Å². The summed E-state index contributed by atoms with van der Waals surface area (Å²) in [5.74, 6) is 0.969. The van der Waals surface area contributed by atoms with Crippen molar-refractivity contribution in [3.05, 3.63) is 23.8 Å². The summed E-state index contributed by atoms with van der Waals surface area (Å²) in [5.41, 5.74) is 6.83. The average molecular weight is 195 g/mol. The molecule has 0 aromatic heterocycles. The van der Waals surface area contributed by atoms with Gasteiger partial charge in [0.25, 0.3) is 0 Å². The second-order valence-electron chi connectivity index (χ2n) is 3.32. The first-order valence-corrected chi connectivity index (χ1v) is 4.81. The molecule has 0 amide bonds. The SMILES string of the molecule is CCC[C@@H](N)c1cc(O)ccc1OC. The second kappa shape index (κ2) is 4.86. The molecule has 3 N–H and O–H groups in total. The van der Waals surface area contributed by atoms with Crippen LogP contribution in [0.15, 0.2) is 18.2 Å². The lowest BCUT2D eigenvalue weighted by Gasteiger charge is -2.15. The molecule has 3 heteroatoms. The van der Waals surface area contributed by atoms with Crippen molar-refractivity contribution in [2.24, 2.45) is 5.73 Å². The zero-order valence-corrected chi connectivity index (χ0v) is 8.66. The molecule has 0 heterocycles. The van der Waals surface area contributed by atoms with E-state index < -0.39 is 0 Å². The highest BCUT2D eigenvalue weighted by Crippen LogP contribution is 2.29. The lowest BCUT2D eigenvalue weighted by molar-refractivity contribution is 0.400. The summed E-state index contributed by atoms with van der Waals surface area (Å²) in [4.78, 5) is 0. The molecule has 0 aliphatic rings. The first-order valence-electron chi connectivity index (χ1n) is 4.81. The summed E-state index contributed by atoms with van der Waals surface area (Å²) in [6.07, 6.45) is 1.90. The van der Waals surface area contributed by atoms with Gasteiger partial charge in [0.2, 0.25) is 0 Å². The van der Waals surface area contributed by atoms with Crippen molar-refractivity contribution in [3.63, 3.8) is 0 Å². The number of phenolic OH excluding ortho intramolecular Hbond substituents is 1. The molecule has 0 fully saturated rings. The first kappa shape index (κ1) is 10.9. The van der Waals surface area contributed by atoms with E-state index in [4.69, 9.17) is 10.5 Å². The number of hydrogen-bond donors (Lipinski definition) is 2. The van der Waals surface area contributed by atoms with Crippen LogP contribution in [0.1, 0.15) is 31.4 Å². The molecule has 3 nitrogen and oxygen atoms in total. The van der Waals surface area contributed by atoms with Crippen LogP contribution in [0.4, 0.5) is 0 Å². The van der Waals surface area contributed by atoms with Gasteiger partial charge in [-0.2, -0.15) is 0 Å². The van der Waals surface area contributed by atoms with Gasteiger partial charge < -0.3 is 15.6 Å². The highest BCUT2D eigenvalue weighted by Gasteiger charge is 2.11. The molecule has 0 saturated heterocycles. The Labute approximate surface area is 84.5 Å². The Kier molecular flexibility index (Phi) is 3.77. The Bertz CT molecular complexity index is 299. The van der Waals surface area contributed by atoms with Crippen LogP contribution in [-0.4, -0.2) is 12.2 Å². The molecule has 0 unspecified atom stereocenters. The van der Waals surface area contributed by atoms with Gasteiger partial charge in [-0.05, 0) is 24.6 Å². The minimum atomic E-state index is -0.0675. The van der Waals surface area contributed by atoms with Crippen LogP contribution in [0.3, 0.4) is 0 Å². The van der Waals surface area contributed by atoms with Crippen molar-refractivity contribution in [1.82, 2.24) is 0 Å². The fourth-order valence-corrected chi connectivity index (χ4v) is 1.48. The smallest absolute Gasteiger partial charge is 0.123 e. The number of aromatic hydroxyl groups is 1. The first-order chi connectivity index (χ1) is 6.69. The average Bonchev–Trinajstić information content (AvgIpc) is 2.18. The summed E-state index contributed by atoms with van der Waals surface area (Å²) < 4.78 is 5.18. The van der Waals surface area contributed by atoms with Gasteiger partial charge in [0.1, 0.15) is 11.5 Å². The number of nitrogens with two attached hydrogens (primary N) is 1. The topological polar surface area (TPSA) is 55.5 Å². The van der Waals surface area contributed by atoms with Gasteiger partial charge in [-0.25, -0.2) is 0 Å². The predicted octanol–water partition coefficient (Wildman–Crippen LogP) is 2.20. The normalized spacial score (nSPS) is 12.5. The van der Waals surface area contributed by atoms with E-state index in [0.29, 0.717) is 0 Å². The van der Waals surface area contributed by atoms with Gasteiger partial charge >= 0.3 is 0 Å². The fourth-order valence-electron chi connectivity index (χ4n) is 1.48. The lowest BCUT2D eigenvalue weighted by Crippen LogP contribution is -2.10.